The third kappa shape index (κ3) is 3.68. The number of rotatable bonds is 5. The van der Waals surface area contributed by atoms with E-state index in [0.717, 1.165) is 5.76 Å². The summed E-state index contributed by atoms with van der Waals surface area (Å²) in [5.41, 5.74) is 0. The van der Waals surface area contributed by atoms with E-state index in [1.54, 1.807) is 29.4 Å². The molecule has 0 radical (unpaired) electrons. The van der Waals surface area contributed by atoms with E-state index in [1.165, 1.54) is 6.26 Å². The van der Waals surface area contributed by atoms with Gasteiger partial charge in [-0.25, -0.2) is 0 Å². The standard InChI is InChI=1S/C17H21N3O4/c1-13(16(21)18-12-14-4-2-10-23-14)19-6-8-20(9-7-19)17(22)15-5-3-11-24-15/h2-5,10-11,13H,6-9,12H2,1H3,(H,18,21)/t13-/m0/s1. The molecule has 0 aliphatic carbocycles. The molecule has 2 aromatic heterocycles. The van der Waals surface area contributed by atoms with Crippen molar-refractivity contribution >= 4 is 11.8 Å². The number of carbonyl (C=O) groups is 2. The Morgan fingerprint density at radius 2 is 1.83 bits per heavy atom. The van der Waals surface area contributed by atoms with Crippen LogP contribution in [-0.2, 0) is 11.3 Å². The normalized spacial score (nSPS) is 16.8. The van der Waals surface area contributed by atoms with Crippen molar-refractivity contribution in [3.05, 3.63) is 48.3 Å². The summed E-state index contributed by atoms with van der Waals surface area (Å²) in [5, 5.41) is 2.87. The van der Waals surface area contributed by atoms with Crippen molar-refractivity contribution in [2.24, 2.45) is 0 Å². The first-order valence-corrected chi connectivity index (χ1v) is 8.02. The molecule has 0 saturated carbocycles. The monoisotopic (exact) mass is 331 g/mol. The second-order valence-electron chi connectivity index (χ2n) is 5.78. The first kappa shape index (κ1) is 16.3. The molecular formula is C17H21N3O4. The number of carbonyl (C=O) groups excluding carboxylic acids is 2. The molecule has 1 atom stereocenters. The van der Waals surface area contributed by atoms with Crippen LogP contribution in [0.2, 0.25) is 0 Å². The third-order valence-electron chi connectivity index (χ3n) is 4.28. The van der Waals surface area contributed by atoms with E-state index < -0.39 is 0 Å². The van der Waals surface area contributed by atoms with E-state index >= 15 is 0 Å². The van der Waals surface area contributed by atoms with Crippen LogP contribution in [0.5, 0.6) is 0 Å². The zero-order valence-electron chi connectivity index (χ0n) is 13.6. The molecular weight excluding hydrogens is 310 g/mol. The minimum Gasteiger partial charge on any atom is -0.467 e. The Hall–Kier alpha value is -2.54. The van der Waals surface area contributed by atoms with Crippen molar-refractivity contribution < 1.29 is 18.4 Å². The van der Waals surface area contributed by atoms with Gasteiger partial charge < -0.3 is 19.1 Å². The average Bonchev–Trinajstić information content (AvgIpc) is 3.32. The second kappa shape index (κ2) is 7.35. The van der Waals surface area contributed by atoms with Crippen molar-refractivity contribution in [1.82, 2.24) is 15.1 Å². The van der Waals surface area contributed by atoms with Gasteiger partial charge in [0.2, 0.25) is 5.91 Å². The van der Waals surface area contributed by atoms with Gasteiger partial charge in [-0.2, -0.15) is 0 Å². The molecule has 128 valence electrons. The molecule has 7 nitrogen and oxygen atoms in total. The zero-order valence-corrected chi connectivity index (χ0v) is 13.6. The van der Waals surface area contributed by atoms with Crippen LogP contribution in [0.3, 0.4) is 0 Å². The van der Waals surface area contributed by atoms with E-state index in [9.17, 15) is 9.59 Å². The number of hydrogen-bond acceptors (Lipinski definition) is 5. The van der Waals surface area contributed by atoms with Crippen LogP contribution in [0.4, 0.5) is 0 Å². The van der Waals surface area contributed by atoms with Gasteiger partial charge in [-0.05, 0) is 31.2 Å². The predicted molar refractivity (Wildman–Crippen MR) is 86.2 cm³/mol. The molecule has 3 rings (SSSR count). The molecule has 1 saturated heterocycles. The molecule has 2 amide bonds. The van der Waals surface area contributed by atoms with Gasteiger partial charge in [0.1, 0.15) is 5.76 Å². The van der Waals surface area contributed by atoms with Crippen LogP contribution in [-0.4, -0.2) is 53.8 Å². The SMILES string of the molecule is C[C@@H](C(=O)NCc1ccco1)N1CCN(C(=O)c2ccco2)CC1. The number of amides is 2. The van der Waals surface area contributed by atoms with Crippen molar-refractivity contribution in [3.63, 3.8) is 0 Å². The maximum atomic E-state index is 12.2. The Kier molecular flexibility index (Phi) is 5.00. The Labute approximate surface area is 140 Å². The quantitative estimate of drug-likeness (QED) is 0.894. The van der Waals surface area contributed by atoms with Crippen molar-refractivity contribution in [1.29, 1.82) is 0 Å². The molecule has 0 bridgehead atoms. The molecule has 7 heteroatoms. The fourth-order valence-corrected chi connectivity index (χ4v) is 2.77. The van der Waals surface area contributed by atoms with Gasteiger partial charge in [-0.3, -0.25) is 14.5 Å². The third-order valence-corrected chi connectivity index (χ3v) is 4.28. The highest BCUT2D eigenvalue weighted by molar-refractivity contribution is 5.91. The zero-order chi connectivity index (χ0) is 16.9. The first-order chi connectivity index (χ1) is 11.6. The van der Waals surface area contributed by atoms with Crippen LogP contribution >= 0.6 is 0 Å². The van der Waals surface area contributed by atoms with Crippen molar-refractivity contribution in [3.8, 4) is 0 Å². The highest BCUT2D eigenvalue weighted by Crippen LogP contribution is 2.11. The van der Waals surface area contributed by atoms with Crippen molar-refractivity contribution in [2.45, 2.75) is 19.5 Å². The lowest BCUT2D eigenvalue weighted by Gasteiger charge is -2.37. The average molecular weight is 331 g/mol. The van der Waals surface area contributed by atoms with E-state index in [1.807, 2.05) is 13.0 Å². The Bertz CT molecular complexity index is 658. The van der Waals surface area contributed by atoms with E-state index in [2.05, 4.69) is 10.2 Å². The Balaban J connectivity index is 1.47. The summed E-state index contributed by atoms with van der Waals surface area (Å²) in [6.07, 6.45) is 3.08. The maximum Gasteiger partial charge on any atom is 0.289 e. The van der Waals surface area contributed by atoms with Gasteiger partial charge in [0, 0.05) is 26.2 Å². The largest absolute Gasteiger partial charge is 0.467 e. The number of piperazine rings is 1. The topological polar surface area (TPSA) is 78.9 Å². The minimum atomic E-state index is -0.249. The molecule has 2 aromatic rings. The second-order valence-corrected chi connectivity index (χ2v) is 5.78. The first-order valence-electron chi connectivity index (χ1n) is 8.02. The van der Waals surface area contributed by atoms with Gasteiger partial charge in [0.05, 0.1) is 25.1 Å². The Morgan fingerprint density at radius 3 is 2.46 bits per heavy atom. The number of nitrogens with zero attached hydrogens (tertiary/aromatic N) is 2. The molecule has 0 aromatic carbocycles. The lowest BCUT2D eigenvalue weighted by molar-refractivity contribution is -0.126. The number of nitrogens with one attached hydrogen (secondary N) is 1. The number of hydrogen-bond donors (Lipinski definition) is 1. The van der Waals surface area contributed by atoms with Gasteiger partial charge in [0.15, 0.2) is 5.76 Å². The lowest BCUT2D eigenvalue weighted by atomic mass is 10.2. The summed E-state index contributed by atoms with van der Waals surface area (Å²) >= 11 is 0. The Morgan fingerprint density at radius 1 is 1.12 bits per heavy atom. The molecule has 3 heterocycles. The molecule has 1 N–H and O–H groups in total. The van der Waals surface area contributed by atoms with Gasteiger partial charge in [-0.15, -0.1) is 0 Å². The van der Waals surface area contributed by atoms with Gasteiger partial charge in [0.25, 0.3) is 5.91 Å². The van der Waals surface area contributed by atoms with E-state index in [-0.39, 0.29) is 17.9 Å². The predicted octanol–water partition coefficient (Wildman–Crippen LogP) is 1.34. The number of furan rings is 2. The van der Waals surface area contributed by atoms with E-state index in [0.29, 0.717) is 38.5 Å². The maximum absolute atomic E-state index is 12.2. The van der Waals surface area contributed by atoms with Gasteiger partial charge >= 0.3 is 0 Å². The van der Waals surface area contributed by atoms with Crippen LogP contribution in [0, 0.1) is 0 Å². The lowest BCUT2D eigenvalue weighted by Crippen LogP contribution is -2.54. The molecule has 1 fully saturated rings. The molecule has 1 aliphatic heterocycles. The highest BCUT2D eigenvalue weighted by Gasteiger charge is 2.28. The van der Waals surface area contributed by atoms with E-state index in [4.69, 9.17) is 8.83 Å². The fourth-order valence-electron chi connectivity index (χ4n) is 2.77. The van der Waals surface area contributed by atoms with Crippen molar-refractivity contribution in [2.75, 3.05) is 26.2 Å². The summed E-state index contributed by atoms with van der Waals surface area (Å²) in [6.45, 7) is 4.73. The van der Waals surface area contributed by atoms with Crippen LogP contribution < -0.4 is 5.32 Å². The summed E-state index contributed by atoms with van der Waals surface area (Å²) in [6, 6.07) is 6.74. The smallest absolute Gasteiger partial charge is 0.289 e. The molecule has 1 aliphatic rings. The van der Waals surface area contributed by atoms with Crippen LogP contribution in [0.1, 0.15) is 23.2 Å². The minimum absolute atomic E-state index is 0.0442. The van der Waals surface area contributed by atoms with Gasteiger partial charge in [-0.1, -0.05) is 0 Å². The molecule has 0 unspecified atom stereocenters. The summed E-state index contributed by atoms with van der Waals surface area (Å²) < 4.78 is 10.4. The van der Waals surface area contributed by atoms with Crippen LogP contribution in [0.15, 0.2) is 45.6 Å². The summed E-state index contributed by atoms with van der Waals surface area (Å²) in [4.78, 5) is 28.3. The molecule has 24 heavy (non-hydrogen) atoms. The highest BCUT2D eigenvalue weighted by atomic mass is 16.3. The molecule has 0 spiro atoms. The summed E-state index contributed by atoms with van der Waals surface area (Å²) in [7, 11) is 0. The fraction of sp³-hybridized carbons (Fsp3) is 0.412. The summed E-state index contributed by atoms with van der Waals surface area (Å²) in [5.74, 6) is 0.934. The van der Waals surface area contributed by atoms with Crippen LogP contribution in [0.25, 0.3) is 0 Å².